The van der Waals surface area contributed by atoms with Gasteiger partial charge in [-0.15, -0.1) is 0 Å². The van der Waals surface area contributed by atoms with Gasteiger partial charge in [0.15, 0.2) is 0 Å². The Kier molecular flexibility index (Phi) is 19.8. The van der Waals surface area contributed by atoms with Crippen LogP contribution in [0.3, 0.4) is 0 Å². The number of rotatable bonds is 6. The van der Waals surface area contributed by atoms with Crippen molar-refractivity contribution in [2.75, 3.05) is 6.73 Å². The first-order chi connectivity index (χ1) is 13.0. The van der Waals surface area contributed by atoms with E-state index in [4.69, 9.17) is 9.26 Å². The molecule has 0 aliphatic rings. The average molecular weight is 508 g/mol. The summed E-state index contributed by atoms with van der Waals surface area (Å²) in [5.41, 5.74) is 2.98. The number of nitrogens with zero attached hydrogens (tertiary/aromatic N) is 1. The van der Waals surface area contributed by atoms with E-state index in [1.54, 1.807) is 6.07 Å². The average Bonchev–Trinajstić information content (AvgIpc) is 3.12. The van der Waals surface area contributed by atoms with Crippen molar-refractivity contribution in [2.45, 2.75) is 61.9 Å². The Morgan fingerprint density at radius 1 is 0.935 bits per heavy atom. The summed E-state index contributed by atoms with van der Waals surface area (Å²) in [5.74, 6) is 0.752. The fraction of sp³-hybridized carbons (Fsp3) is 0.400. The van der Waals surface area contributed by atoms with E-state index < -0.39 is 0 Å². The molecule has 2 aromatic carbocycles. The summed E-state index contributed by atoms with van der Waals surface area (Å²) in [7, 11) is 0. The van der Waals surface area contributed by atoms with Gasteiger partial charge in [0.1, 0.15) is 18.2 Å². The molecular formula is C25H39FN2O2Y. The first-order valence-electron chi connectivity index (χ1n) is 9.09. The Hall–Kier alpha value is -1.56. The quantitative estimate of drug-likeness (QED) is 0.351. The van der Waals surface area contributed by atoms with Crippen molar-refractivity contribution >= 4 is 0 Å². The van der Waals surface area contributed by atoms with Gasteiger partial charge in [-0.3, -0.25) is 5.32 Å². The van der Waals surface area contributed by atoms with Gasteiger partial charge in [-0.05, 0) is 37.5 Å². The van der Waals surface area contributed by atoms with Crippen LogP contribution >= 0.6 is 0 Å². The number of halogens is 1. The van der Waals surface area contributed by atoms with Crippen molar-refractivity contribution in [2.24, 2.45) is 0 Å². The van der Waals surface area contributed by atoms with Crippen LogP contribution in [0.1, 0.15) is 61.5 Å². The van der Waals surface area contributed by atoms with E-state index in [-0.39, 0.29) is 60.8 Å². The van der Waals surface area contributed by atoms with E-state index in [9.17, 15) is 4.39 Å². The van der Waals surface area contributed by atoms with Crippen LogP contribution in [0.15, 0.2) is 65.2 Å². The van der Waals surface area contributed by atoms with Gasteiger partial charge in [-0.25, -0.2) is 4.39 Å². The van der Waals surface area contributed by atoms with E-state index in [1.165, 1.54) is 17.7 Å². The summed E-state index contributed by atoms with van der Waals surface area (Å²) in [4.78, 5) is 0. The van der Waals surface area contributed by atoms with Crippen molar-refractivity contribution < 1.29 is 46.4 Å². The van der Waals surface area contributed by atoms with E-state index in [2.05, 4.69) is 38.2 Å². The zero-order valence-electron chi connectivity index (χ0n) is 16.9. The number of ether oxygens (including phenoxy) is 1. The fourth-order valence-electron chi connectivity index (χ4n) is 2.20. The molecule has 0 bridgehead atoms. The molecule has 0 unspecified atom stereocenters. The smallest absolute Gasteiger partial charge is 0.313 e. The van der Waals surface area contributed by atoms with Crippen molar-refractivity contribution in [1.82, 2.24) is 10.5 Å². The molecule has 0 saturated heterocycles. The van der Waals surface area contributed by atoms with Crippen LogP contribution < -0.4 is 10.1 Å². The van der Waals surface area contributed by atoms with E-state index in [0.29, 0.717) is 24.6 Å². The van der Waals surface area contributed by atoms with E-state index in [0.717, 1.165) is 11.3 Å². The molecule has 0 spiro atoms. The number of nitrogens with one attached hydrogen (secondary N) is 1. The minimum atomic E-state index is -0.163. The van der Waals surface area contributed by atoms with Gasteiger partial charge in [-0.1, -0.05) is 83.7 Å². The van der Waals surface area contributed by atoms with Crippen molar-refractivity contribution in [1.29, 1.82) is 0 Å². The minimum Gasteiger partial charge on any atom is -0.448 e. The maximum absolute atomic E-state index is 12.4. The Labute approximate surface area is 213 Å². The summed E-state index contributed by atoms with van der Waals surface area (Å²) in [6.45, 7) is 8.71. The second-order valence-electron chi connectivity index (χ2n) is 6.75. The van der Waals surface area contributed by atoms with Crippen molar-refractivity contribution in [3.63, 3.8) is 0 Å². The molecular weight excluding hydrogens is 468 g/mol. The molecule has 3 rings (SSSR count). The molecule has 0 atom stereocenters. The first kappa shape index (κ1) is 34.1. The normalized spacial score (nSPS) is 9.26. The molecule has 171 valence electrons. The molecule has 1 heterocycles. The molecule has 0 fully saturated rings. The Bertz CT molecular complexity index is 791. The van der Waals surface area contributed by atoms with Gasteiger partial charge in [0, 0.05) is 44.3 Å². The molecule has 1 aromatic heterocycles. The van der Waals surface area contributed by atoms with Gasteiger partial charge < -0.3 is 9.26 Å². The van der Waals surface area contributed by atoms with Gasteiger partial charge >= 0.3 is 5.95 Å². The van der Waals surface area contributed by atoms with Crippen LogP contribution in [0.5, 0.6) is 5.95 Å². The first-order valence-corrected chi connectivity index (χ1v) is 9.09. The van der Waals surface area contributed by atoms with Crippen LogP contribution in [0.25, 0.3) is 11.3 Å². The maximum atomic E-state index is 12.4. The van der Waals surface area contributed by atoms with Crippen LogP contribution in [0.4, 0.5) is 4.39 Å². The topological polar surface area (TPSA) is 47.3 Å². The Morgan fingerprint density at radius 3 is 2.03 bits per heavy atom. The SMILES string of the molecule is C.C.C.CC(C)NCOc1cc(-c2ccccc2)no1.CC(C)c1ccc(F)cc1.[Y]. The largest absolute Gasteiger partial charge is 0.448 e. The Morgan fingerprint density at radius 2 is 1.52 bits per heavy atom. The summed E-state index contributed by atoms with van der Waals surface area (Å²) < 4.78 is 22.8. The molecule has 31 heavy (non-hydrogen) atoms. The van der Waals surface area contributed by atoms with Gasteiger partial charge in [0.05, 0.1) is 6.07 Å². The van der Waals surface area contributed by atoms with Crippen LogP contribution in [-0.4, -0.2) is 17.9 Å². The summed E-state index contributed by atoms with van der Waals surface area (Å²) in [6, 6.07) is 18.7. The van der Waals surface area contributed by atoms with Crippen LogP contribution in [0.2, 0.25) is 0 Å². The van der Waals surface area contributed by atoms with Crippen molar-refractivity contribution in [3.8, 4) is 17.2 Å². The zero-order chi connectivity index (χ0) is 19.6. The molecule has 1 radical (unpaired) electrons. The molecule has 3 aromatic rings. The van der Waals surface area contributed by atoms with Crippen molar-refractivity contribution in [3.05, 3.63) is 72.0 Å². The maximum Gasteiger partial charge on any atom is 0.313 e. The third kappa shape index (κ3) is 12.8. The molecule has 0 aliphatic carbocycles. The van der Waals surface area contributed by atoms with Gasteiger partial charge in [0.2, 0.25) is 0 Å². The third-order valence-electron chi connectivity index (χ3n) is 3.80. The predicted octanol–water partition coefficient (Wildman–Crippen LogP) is 7.53. The van der Waals surface area contributed by atoms with E-state index in [1.807, 2.05) is 42.5 Å². The number of benzene rings is 2. The number of hydrogen-bond donors (Lipinski definition) is 1. The van der Waals surface area contributed by atoms with Crippen LogP contribution in [-0.2, 0) is 32.7 Å². The molecule has 0 amide bonds. The van der Waals surface area contributed by atoms with Gasteiger partial charge in [0.25, 0.3) is 0 Å². The second kappa shape index (κ2) is 18.1. The summed E-state index contributed by atoms with van der Waals surface area (Å²) >= 11 is 0. The second-order valence-corrected chi connectivity index (χ2v) is 6.75. The molecule has 4 nitrogen and oxygen atoms in total. The number of aromatic nitrogens is 1. The predicted molar refractivity (Wildman–Crippen MR) is 126 cm³/mol. The molecule has 1 N–H and O–H groups in total. The molecule has 0 saturated carbocycles. The standard InChI is InChI=1S/C13H16N2O2.C9H11F.3CH4.Y/c1-10(2)14-9-16-13-8-12(15-17-13)11-6-4-3-5-7-11;1-7(2)8-3-5-9(10)6-4-8;;;;/h3-8,10,14H,9H2,1-2H3;3-7H,1-2H3;3*1H4;. The summed E-state index contributed by atoms with van der Waals surface area (Å²) in [6.07, 6.45) is 0. The molecule has 6 heteroatoms. The third-order valence-corrected chi connectivity index (χ3v) is 3.80. The Balaban J connectivity index is -0.000000493. The summed E-state index contributed by atoms with van der Waals surface area (Å²) in [5, 5.41) is 7.09. The van der Waals surface area contributed by atoms with Crippen LogP contribution in [0, 0.1) is 5.82 Å². The minimum absolute atomic E-state index is 0. The van der Waals surface area contributed by atoms with Gasteiger partial charge in [-0.2, -0.15) is 0 Å². The monoisotopic (exact) mass is 507 g/mol. The zero-order valence-corrected chi connectivity index (χ0v) is 19.7. The van der Waals surface area contributed by atoms with E-state index >= 15 is 0 Å². The number of hydrogen-bond acceptors (Lipinski definition) is 4. The fourth-order valence-corrected chi connectivity index (χ4v) is 2.20. The molecule has 0 aliphatic heterocycles.